The summed E-state index contributed by atoms with van der Waals surface area (Å²) in [6.45, 7) is 1.51. The van der Waals surface area contributed by atoms with Gasteiger partial charge in [0.1, 0.15) is 31.6 Å². The molecule has 0 saturated heterocycles. The molecular weight excluding hydrogens is 704 g/mol. The number of hydrogen-bond acceptors (Lipinski definition) is 12. The molecule has 13 nitrogen and oxygen atoms in total. The molecule has 2 N–H and O–H groups in total. The van der Waals surface area contributed by atoms with Gasteiger partial charge in [0.15, 0.2) is 5.75 Å². The molecule has 1 amide bonds. The van der Waals surface area contributed by atoms with E-state index in [-0.39, 0.29) is 86.3 Å². The summed E-state index contributed by atoms with van der Waals surface area (Å²) in [6.07, 6.45) is 0. The summed E-state index contributed by atoms with van der Waals surface area (Å²) < 4.78 is 70.3. The SMILES string of the molecule is Cc1cc(S(=O)(=O)[O-])cc(Cl)c1N=Nc1ccc(N=Nc2c(S(=O)(=O)[O-])cc3cc(NC(=O)c4ccccc4)ccc3c2O)cc1.[Na].[Na]. The summed E-state index contributed by atoms with van der Waals surface area (Å²) in [6, 6.07) is 21.7. The van der Waals surface area contributed by atoms with Gasteiger partial charge in [-0.2, -0.15) is 10.2 Å². The molecular formula is C30H20ClN5Na2O8S2-2. The second kappa shape index (κ2) is 16.1. The van der Waals surface area contributed by atoms with Gasteiger partial charge in [0.2, 0.25) is 0 Å². The van der Waals surface area contributed by atoms with E-state index in [0.29, 0.717) is 22.5 Å². The van der Waals surface area contributed by atoms with E-state index in [1.165, 1.54) is 49.4 Å². The van der Waals surface area contributed by atoms with E-state index in [2.05, 4.69) is 25.8 Å². The number of phenols is 1. The zero-order chi connectivity index (χ0) is 33.2. The number of amides is 1. The minimum absolute atomic E-state index is 0. The molecule has 0 aliphatic carbocycles. The summed E-state index contributed by atoms with van der Waals surface area (Å²) >= 11 is 6.09. The van der Waals surface area contributed by atoms with E-state index in [1.54, 1.807) is 30.3 Å². The van der Waals surface area contributed by atoms with E-state index in [0.717, 1.165) is 18.2 Å². The molecule has 236 valence electrons. The maximum Gasteiger partial charge on any atom is 0.255 e. The number of halogens is 1. The van der Waals surface area contributed by atoms with Crippen LogP contribution < -0.4 is 5.32 Å². The fourth-order valence-corrected chi connectivity index (χ4v) is 5.88. The van der Waals surface area contributed by atoms with Gasteiger partial charge in [-0.25, -0.2) is 16.8 Å². The van der Waals surface area contributed by atoms with Crippen molar-refractivity contribution in [1.82, 2.24) is 0 Å². The predicted molar refractivity (Wildman–Crippen MR) is 178 cm³/mol. The minimum atomic E-state index is -5.13. The number of carbonyl (C=O) groups is 1. The second-order valence-electron chi connectivity index (χ2n) is 9.72. The Labute approximate surface area is 324 Å². The molecule has 0 aromatic heterocycles. The van der Waals surface area contributed by atoms with Crippen molar-refractivity contribution in [2.24, 2.45) is 20.5 Å². The summed E-state index contributed by atoms with van der Waals surface area (Å²) in [5.74, 6) is -1.02. The molecule has 0 aliphatic heterocycles. The fraction of sp³-hybridized carbons (Fsp3) is 0.0333. The van der Waals surface area contributed by atoms with Crippen LogP contribution in [0.5, 0.6) is 5.75 Å². The normalized spacial score (nSPS) is 11.8. The Hall–Kier alpha value is -3.06. The third-order valence-corrected chi connectivity index (χ3v) is 8.46. The number of hydrogen-bond donors (Lipinski definition) is 2. The van der Waals surface area contributed by atoms with Crippen molar-refractivity contribution in [3.05, 3.63) is 107 Å². The molecule has 0 atom stereocenters. The second-order valence-corrected chi connectivity index (χ2v) is 12.9. The van der Waals surface area contributed by atoms with Gasteiger partial charge in [-0.15, -0.1) is 10.2 Å². The summed E-state index contributed by atoms with van der Waals surface area (Å²) in [7, 11) is -9.84. The smallest absolute Gasteiger partial charge is 0.255 e. The van der Waals surface area contributed by atoms with Crippen LogP contribution >= 0.6 is 11.6 Å². The van der Waals surface area contributed by atoms with Crippen molar-refractivity contribution in [2.75, 3.05) is 5.32 Å². The van der Waals surface area contributed by atoms with Crippen molar-refractivity contribution in [2.45, 2.75) is 16.7 Å². The molecule has 0 fully saturated rings. The van der Waals surface area contributed by atoms with Crippen LogP contribution in [0.15, 0.2) is 121 Å². The largest absolute Gasteiger partial charge is 0.744 e. The van der Waals surface area contributed by atoms with Crippen LogP contribution in [0.3, 0.4) is 0 Å². The van der Waals surface area contributed by atoms with Crippen LogP contribution in [0.4, 0.5) is 28.4 Å². The molecule has 2 radical (unpaired) electrons. The maximum absolute atomic E-state index is 12.5. The quantitative estimate of drug-likeness (QED) is 0.100. The average Bonchev–Trinajstić information content (AvgIpc) is 3.00. The van der Waals surface area contributed by atoms with Gasteiger partial charge in [-0.05, 0) is 90.7 Å². The summed E-state index contributed by atoms with van der Waals surface area (Å²) in [5.41, 5.74) is 1.11. The van der Waals surface area contributed by atoms with Gasteiger partial charge in [-0.1, -0.05) is 29.8 Å². The predicted octanol–water partition coefficient (Wildman–Crippen LogP) is 6.64. The molecule has 0 aliphatic rings. The Bertz CT molecular complexity index is 2270. The molecule has 0 saturated carbocycles. The number of rotatable bonds is 8. The van der Waals surface area contributed by atoms with E-state index in [4.69, 9.17) is 11.6 Å². The van der Waals surface area contributed by atoms with E-state index < -0.39 is 47.4 Å². The Morgan fingerprint density at radius 2 is 1.33 bits per heavy atom. The van der Waals surface area contributed by atoms with Crippen molar-refractivity contribution in [1.29, 1.82) is 0 Å². The molecule has 0 heterocycles. The van der Waals surface area contributed by atoms with Gasteiger partial charge in [-0.3, -0.25) is 4.79 Å². The van der Waals surface area contributed by atoms with E-state index >= 15 is 0 Å². The topological polar surface area (TPSA) is 213 Å². The standard InChI is InChI=1S/C30H22ClN5O8S2.2Na/c1-17-13-23(45(39,40)41)16-25(31)27(17)35-33-20-7-9-21(10-8-20)34-36-28-26(46(42,43)44)15-19-14-22(11-12-24(19)29(28)37)32-30(38)18-5-3-2-4-6-18;;/h2-16,37H,1H3,(H,32,38)(H,39,40,41)(H,42,43,44);;/p-2. The monoisotopic (exact) mass is 723 g/mol. The van der Waals surface area contributed by atoms with Crippen LogP contribution in [0.1, 0.15) is 15.9 Å². The maximum atomic E-state index is 12.5. The van der Waals surface area contributed by atoms with Gasteiger partial charge < -0.3 is 19.5 Å². The number of aromatic hydroxyl groups is 1. The first-order valence-corrected chi connectivity index (χ1v) is 16.2. The molecule has 5 rings (SSSR count). The molecule has 5 aromatic rings. The molecule has 18 heteroatoms. The van der Waals surface area contributed by atoms with Gasteiger partial charge in [0, 0.05) is 75.8 Å². The van der Waals surface area contributed by atoms with Crippen molar-refractivity contribution in [3.8, 4) is 5.75 Å². The first-order valence-electron chi connectivity index (χ1n) is 13.0. The summed E-state index contributed by atoms with van der Waals surface area (Å²) in [5, 5.41) is 29.7. The Kier molecular flexibility index (Phi) is 13.2. The number of fused-ring (bicyclic) bond motifs is 1. The Morgan fingerprint density at radius 3 is 1.88 bits per heavy atom. The minimum Gasteiger partial charge on any atom is -0.744 e. The van der Waals surface area contributed by atoms with E-state index in [1.807, 2.05) is 0 Å². The zero-order valence-corrected chi connectivity index (χ0v) is 31.8. The fourth-order valence-electron chi connectivity index (χ4n) is 4.29. The third-order valence-electron chi connectivity index (χ3n) is 6.51. The number of carbonyl (C=O) groups excluding carboxylic acids is 1. The van der Waals surface area contributed by atoms with Crippen LogP contribution in [0.2, 0.25) is 5.02 Å². The van der Waals surface area contributed by atoms with Gasteiger partial charge in [0.05, 0.1) is 26.2 Å². The van der Waals surface area contributed by atoms with Gasteiger partial charge >= 0.3 is 0 Å². The Balaban J connectivity index is 0.00000312. The van der Waals surface area contributed by atoms with Crippen LogP contribution in [-0.4, -0.2) is 96.1 Å². The first-order chi connectivity index (χ1) is 21.7. The van der Waals surface area contributed by atoms with Crippen molar-refractivity contribution < 1.29 is 35.8 Å². The number of azo groups is 2. The first kappa shape index (κ1) is 39.4. The number of phenolic OH excluding ortho intramolecular Hbond substituents is 1. The Morgan fingerprint density at radius 1 is 0.750 bits per heavy atom. The van der Waals surface area contributed by atoms with E-state index in [9.17, 15) is 35.8 Å². The average molecular weight is 724 g/mol. The number of benzene rings is 5. The third kappa shape index (κ3) is 9.34. The number of aryl methyl sites for hydroxylation is 1. The molecule has 0 bridgehead atoms. The van der Waals surface area contributed by atoms with Crippen LogP contribution in [0.25, 0.3) is 10.8 Å². The number of nitrogens with zero attached hydrogens (tertiary/aromatic N) is 4. The van der Waals surface area contributed by atoms with Crippen molar-refractivity contribution >= 4 is 136 Å². The molecule has 5 aromatic carbocycles. The van der Waals surface area contributed by atoms with Crippen LogP contribution in [-0.2, 0) is 20.2 Å². The number of nitrogens with one attached hydrogen (secondary N) is 1. The zero-order valence-electron chi connectivity index (χ0n) is 25.4. The molecule has 48 heavy (non-hydrogen) atoms. The summed E-state index contributed by atoms with van der Waals surface area (Å²) in [4.78, 5) is 11.2. The number of anilines is 1. The van der Waals surface area contributed by atoms with Gasteiger partial charge in [0.25, 0.3) is 5.91 Å². The molecule has 0 spiro atoms. The van der Waals surface area contributed by atoms with Crippen LogP contribution in [0, 0.1) is 6.92 Å². The van der Waals surface area contributed by atoms with Crippen molar-refractivity contribution in [3.63, 3.8) is 0 Å². The molecule has 0 unspecified atom stereocenters.